The van der Waals surface area contributed by atoms with Gasteiger partial charge in [-0.15, -0.1) is 0 Å². The molecule has 1 aliphatic heterocycles. The zero-order valence-electron chi connectivity index (χ0n) is 15.5. The molecule has 3 heterocycles. The first kappa shape index (κ1) is 17.9. The average Bonchev–Trinajstić information content (AvgIpc) is 3.08. The third-order valence-electron chi connectivity index (χ3n) is 4.42. The molecule has 4 rings (SSSR count). The summed E-state index contributed by atoms with van der Waals surface area (Å²) in [6.07, 6.45) is 4.92. The third-order valence-corrected chi connectivity index (χ3v) is 4.42. The SMILES string of the molecule is CNc1cc2nc3c(cnn13)C(=O)NC(C)COCC1=CC(=N2)C(=N)C(N)=C1. The largest absolute Gasteiger partial charge is 0.397 e. The first-order chi connectivity index (χ1) is 13.5. The number of aromatic nitrogens is 3. The number of amides is 1. The second-order valence-corrected chi connectivity index (χ2v) is 6.62. The highest BCUT2D eigenvalue weighted by Crippen LogP contribution is 2.22. The molecule has 4 bridgehead atoms. The molecule has 10 heteroatoms. The van der Waals surface area contributed by atoms with Crippen LogP contribution in [0.5, 0.6) is 0 Å². The van der Waals surface area contributed by atoms with E-state index in [0.717, 1.165) is 5.57 Å². The fourth-order valence-electron chi connectivity index (χ4n) is 3.05. The number of nitrogens with two attached hydrogens (primary N) is 1. The summed E-state index contributed by atoms with van der Waals surface area (Å²) in [7, 11) is 1.74. The minimum absolute atomic E-state index is 0.114. The van der Waals surface area contributed by atoms with E-state index in [1.807, 2.05) is 6.92 Å². The standard InChI is InChI=1S/C18H20N8O2/c1-9-7-28-8-10-3-12(19)16(20)13(4-10)24-14-5-15(21-2)26-17(25-14)11(6-22-26)18(27)23-9/h3-6,9,20-21H,7-8,19H2,1-2H3,(H,23,27). The number of aliphatic imine (C=N–C) groups is 1. The van der Waals surface area contributed by atoms with Crippen LogP contribution in [0.4, 0.5) is 11.6 Å². The molecule has 1 amide bonds. The van der Waals surface area contributed by atoms with Crippen molar-refractivity contribution >= 4 is 34.6 Å². The van der Waals surface area contributed by atoms with Crippen molar-refractivity contribution in [2.45, 2.75) is 13.0 Å². The highest BCUT2D eigenvalue weighted by atomic mass is 16.5. The van der Waals surface area contributed by atoms with Gasteiger partial charge in [-0.05, 0) is 24.6 Å². The molecule has 2 aliphatic rings. The minimum atomic E-state index is -0.293. The second kappa shape index (κ2) is 6.89. The molecule has 1 unspecified atom stereocenters. The smallest absolute Gasteiger partial charge is 0.257 e. The Balaban J connectivity index is 1.92. The predicted octanol–water partition coefficient (Wildman–Crippen LogP) is 0.794. The number of carbonyl (C=O) groups excluding carboxylic acids is 1. The number of anilines is 1. The number of nitrogens with zero attached hydrogens (tertiary/aromatic N) is 4. The summed E-state index contributed by atoms with van der Waals surface area (Å²) in [6.45, 7) is 2.47. The maximum atomic E-state index is 12.7. The van der Waals surface area contributed by atoms with E-state index in [1.165, 1.54) is 10.7 Å². The van der Waals surface area contributed by atoms with E-state index in [4.69, 9.17) is 15.9 Å². The fraction of sp³-hybridized carbons (Fsp3) is 0.278. The molecule has 144 valence electrons. The van der Waals surface area contributed by atoms with Gasteiger partial charge in [-0.2, -0.15) is 9.61 Å². The van der Waals surface area contributed by atoms with E-state index in [-0.39, 0.29) is 17.7 Å². The van der Waals surface area contributed by atoms with E-state index in [9.17, 15) is 4.79 Å². The van der Waals surface area contributed by atoms with E-state index in [0.29, 0.717) is 47.5 Å². The summed E-state index contributed by atoms with van der Waals surface area (Å²) >= 11 is 0. The van der Waals surface area contributed by atoms with Crippen LogP contribution in [-0.2, 0) is 4.74 Å². The lowest BCUT2D eigenvalue weighted by Gasteiger charge is -2.17. The van der Waals surface area contributed by atoms with Crippen LogP contribution in [0.1, 0.15) is 17.3 Å². The molecular weight excluding hydrogens is 360 g/mol. The molecule has 0 spiro atoms. The second-order valence-electron chi connectivity index (χ2n) is 6.62. The maximum absolute atomic E-state index is 12.7. The van der Waals surface area contributed by atoms with Crippen LogP contribution in [0.3, 0.4) is 0 Å². The van der Waals surface area contributed by atoms with E-state index < -0.39 is 0 Å². The zero-order chi connectivity index (χ0) is 19.8. The molecule has 28 heavy (non-hydrogen) atoms. The first-order valence-electron chi connectivity index (χ1n) is 8.77. The molecule has 5 N–H and O–H groups in total. The van der Waals surface area contributed by atoms with Gasteiger partial charge in [0, 0.05) is 19.2 Å². The quantitative estimate of drug-likeness (QED) is 0.539. The Morgan fingerprint density at radius 2 is 2.25 bits per heavy atom. The summed E-state index contributed by atoms with van der Waals surface area (Å²) in [5.41, 5.74) is 8.28. The van der Waals surface area contributed by atoms with Crippen LogP contribution in [0.15, 0.2) is 40.7 Å². The summed E-state index contributed by atoms with van der Waals surface area (Å²) in [5, 5.41) is 18.4. The third kappa shape index (κ3) is 3.14. The van der Waals surface area contributed by atoms with E-state index in [2.05, 4.69) is 25.7 Å². The highest BCUT2D eigenvalue weighted by molar-refractivity contribution is 6.52. The number of allylic oxidation sites excluding steroid dienone is 2. The average molecular weight is 380 g/mol. The predicted molar refractivity (Wildman–Crippen MR) is 105 cm³/mol. The van der Waals surface area contributed by atoms with Crippen molar-refractivity contribution in [2.24, 2.45) is 10.7 Å². The summed E-state index contributed by atoms with van der Waals surface area (Å²) in [6, 6.07) is 1.48. The van der Waals surface area contributed by atoms with Crippen LogP contribution in [0.2, 0.25) is 0 Å². The Hall–Kier alpha value is -3.53. The van der Waals surface area contributed by atoms with Gasteiger partial charge >= 0.3 is 0 Å². The number of fused-ring (bicyclic) bond motifs is 2. The van der Waals surface area contributed by atoms with Crippen molar-refractivity contribution in [3.8, 4) is 0 Å². The number of nitrogens with one attached hydrogen (secondary N) is 3. The number of rotatable bonds is 1. The maximum Gasteiger partial charge on any atom is 0.257 e. The normalized spacial score (nSPS) is 20.2. The molecule has 2 aromatic heterocycles. The van der Waals surface area contributed by atoms with Crippen LogP contribution < -0.4 is 16.4 Å². The lowest BCUT2D eigenvalue weighted by molar-refractivity contribution is 0.0884. The van der Waals surface area contributed by atoms with Crippen molar-refractivity contribution < 1.29 is 9.53 Å². The van der Waals surface area contributed by atoms with Crippen molar-refractivity contribution in [1.82, 2.24) is 19.9 Å². The monoisotopic (exact) mass is 380 g/mol. The zero-order valence-corrected chi connectivity index (χ0v) is 15.5. The minimum Gasteiger partial charge on any atom is -0.397 e. The van der Waals surface area contributed by atoms with Crippen LogP contribution in [-0.4, -0.2) is 58.2 Å². The molecule has 10 nitrogen and oxygen atoms in total. The van der Waals surface area contributed by atoms with Gasteiger partial charge in [0.1, 0.15) is 17.1 Å². The topological polar surface area (TPSA) is 143 Å². The Kier molecular flexibility index (Phi) is 4.40. The van der Waals surface area contributed by atoms with Gasteiger partial charge in [-0.25, -0.2) is 9.98 Å². The van der Waals surface area contributed by atoms with E-state index in [1.54, 1.807) is 25.3 Å². The Morgan fingerprint density at radius 3 is 3.04 bits per heavy atom. The summed E-state index contributed by atoms with van der Waals surface area (Å²) < 4.78 is 7.23. The molecule has 0 saturated heterocycles. The number of carbonyl (C=O) groups is 1. The Morgan fingerprint density at radius 1 is 1.43 bits per heavy atom. The van der Waals surface area contributed by atoms with Crippen LogP contribution >= 0.6 is 0 Å². The molecule has 2 aromatic rings. The van der Waals surface area contributed by atoms with Crippen molar-refractivity contribution in [1.29, 1.82) is 5.41 Å². The fourth-order valence-corrected chi connectivity index (χ4v) is 3.05. The van der Waals surface area contributed by atoms with Gasteiger partial charge in [-0.1, -0.05) is 0 Å². The van der Waals surface area contributed by atoms with Crippen LogP contribution in [0.25, 0.3) is 5.65 Å². The first-order valence-corrected chi connectivity index (χ1v) is 8.77. The van der Waals surface area contributed by atoms with Gasteiger partial charge in [0.2, 0.25) is 0 Å². The van der Waals surface area contributed by atoms with Gasteiger partial charge in [-0.3, -0.25) is 10.2 Å². The molecule has 0 radical (unpaired) electrons. The van der Waals surface area contributed by atoms with Gasteiger partial charge in [0.05, 0.1) is 30.8 Å². The van der Waals surface area contributed by atoms with Crippen molar-refractivity contribution in [3.05, 3.63) is 41.2 Å². The molecule has 0 aromatic carbocycles. The molecule has 1 atom stereocenters. The van der Waals surface area contributed by atoms with E-state index >= 15 is 0 Å². The van der Waals surface area contributed by atoms with Crippen LogP contribution in [0, 0.1) is 5.41 Å². The number of ether oxygens (including phenoxy) is 1. The summed E-state index contributed by atoms with van der Waals surface area (Å²) in [5.74, 6) is 0.656. The lowest BCUT2D eigenvalue weighted by Crippen LogP contribution is -2.36. The Bertz CT molecular complexity index is 1080. The lowest BCUT2D eigenvalue weighted by atomic mass is 10.0. The van der Waals surface area contributed by atoms with Gasteiger partial charge in [0.15, 0.2) is 11.5 Å². The van der Waals surface area contributed by atoms with Gasteiger partial charge < -0.3 is 21.1 Å². The van der Waals surface area contributed by atoms with Crippen molar-refractivity contribution in [3.63, 3.8) is 0 Å². The van der Waals surface area contributed by atoms with Crippen molar-refractivity contribution in [2.75, 3.05) is 25.6 Å². The number of hydrogen-bond acceptors (Lipinski definition) is 8. The molecule has 1 aliphatic carbocycles. The highest BCUT2D eigenvalue weighted by Gasteiger charge is 2.21. The molecule has 0 saturated carbocycles. The van der Waals surface area contributed by atoms with Gasteiger partial charge in [0.25, 0.3) is 5.91 Å². The molecular formula is C18H20N8O2. The Labute approximate surface area is 160 Å². The molecule has 0 fully saturated rings. The summed E-state index contributed by atoms with van der Waals surface area (Å²) in [4.78, 5) is 21.7. The number of hydrogen-bond donors (Lipinski definition) is 4.